The Balaban J connectivity index is 1.79. The predicted molar refractivity (Wildman–Crippen MR) is 81.0 cm³/mol. The van der Waals surface area contributed by atoms with E-state index in [1.807, 2.05) is 25.0 Å². The number of carbonyl (C=O) groups excluding carboxylic acids is 1. The van der Waals surface area contributed by atoms with E-state index in [0.29, 0.717) is 18.7 Å². The van der Waals surface area contributed by atoms with Gasteiger partial charge in [0.1, 0.15) is 0 Å². The Labute approximate surface area is 133 Å². The number of methoxy groups -OCH3 is 1. The Morgan fingerprint density at radius 3 is 2.61 bits per heavy atom. The van der Waals surface area contributed by atoms with Crippen molar-refractivity contribution in [1.29, 1.82) is 0 Å². The summed E-state index contributed by atoms with van der Waals surface area (Å²) in [7, 11) is 5.49. The zero-order valence-corrected chi connectivity index (χ0v) is 13.3. The highest BCUT2D eigenvalue weighted by Crippen LogP contribution is 2.25. The predicted octanol–water partition coefficient (Wildman–Crippen LogP) is -0.296. The number of hydrogen-bond acceptors (Lipinski definition) is 7. The van der Waals surface area contributed by atoms with E-state index < -0.39 is 0 Å². The van der Waals surface area contributed by atoms with Crippen LogP contribution in [0.25, 0.3) is 0 Å². The molecule has 0 aliphatic carbocycles. The summed E-state index contributed by atoms with van der Waals surface area (Å²) in [5.74, 6) is -0.0953. The van der Waals surface area contributed by atoms with Gasteiger partial charge in [0.05, 0.1) is 31.0 Å². The SMILES string of the molecule is COc1ncc(C(=O)N2C[C@@H](N(C)C)[C@@H](n3ccnn3)C2)cn1. The molecule has 1 saturated heterocycles. The molecular formula is C14H19N7O2. The summed E-state index contributed by atoms with van der Waals surface area (Å²) < 4.78 is 6.72. The lowest BCUT2D eigenvalue weighted by Gasteiger charge is -2.24. The highest BCUT2D eigenvalue weighted by molar-refractivity contribution is 5.93. The van der Waals surface area contributed by atoms with E-state index in [0.717, 1.165) is 0 Å². The van der Waals surface area contributed by atoms with Crippen LogP contribution in [-0.2, 0) is 0 Å². The fourth-order valence-electron chi connectivity index (χ4n) is 2.81. The minimum atomic E-state index is -0.0953. The monoisotopic (exact) mass is 317 g/mol. The number of likely N-dealkylation sites (tertiary alicyclic amines) is 1. The van der Waals surface area contributed by atoms with E-state index in [9.17, 15) is 4.79 Å². The molecule has 3 heterocycles. The molecule has 9 nitrogen and oxygen atoms in total. The zero-order chi connectivity index (χ0) is 16.4. The second-order valence-electron chi connectivity index (χ2n) is 5.65. The first kappa shape index (κ1) is 15.3. The number of aromatic nitrogens is 5. The third kappa shape index (κ3) is 3.00. The third-order valence-electron chi connectivity index (χ3n) is 4.05. The maximum Gasteiger partial charge on any atom is 0.316 e. The van der Waals surface area contributed by atoms with E-state index in [-0.39, 0.29) is 24.0 Å². The maximum absolute atomic E-state index is 12.7. The maximum atomic E-state index is 12.7. The van der Waals surface area contributed by atoms with Crippen LogP contribution in [-0.4, -0.2) is 81.0 Å². The van der Waals surface area contributed by atoms with Gasteiger partial charge in [-0.2, -0.15) is 0 Å². The number of amides is 1. The Morgan fingerprint density at radius 1 is 1.30 bits per heavy atom. The van der Waals surface area contributed by atoms with Crippen LogP contribution >= 0.6 is 0 Å². The van der Waals surface area contributed by atoms with Crippen molar-refractivity contribution >= 4 is 5.91 Å². The van der Waals surface area contributed by atoms with Crippen LogP contribution in [0.1, 0.15) is 16.4 Å². The van der Waals surface area contributed by atoms with E-state index in [1.165, 1.54) is 19.5 Å². The van der Waals surface area contributed by atoms with Crippen molar-refractivity contribution in [3.8, 4) is 6.01 Å². The number of ether oxygens (including phenoxy) is 1. The summed E-state index contributed by atoms with van der Waals surface area (Å²) in [4.78, 5) is 24.6. The van der Waals surface area contributed by atoms with Crippen molar-refractivity contribution in [3.63, 3.8) is 0 Å². The molecule has 0 spiro atoms. The highest BCUT2D eigenvalue weighted by atomic mass is 16.5. The molecule has 23 heavy (non-hydrogen) atoms. The summed E-state index contributed by atoms with van der Waals surface area (Å²) in [6, 6.07) is 0.477. The van der Waals surface area contributed by atoms with Crippen LogP contribution in [0.3, 0.4) is 0 Å². The molecule has 1 aliphatic heterocycles. The fraction of sp³-hybridized carbons (Fsp3) is 0.500. The topological polar surface area (TPSA) is 89.3 Å². The van der Waals surface area contributed by atoms with Gasteiger partial charge in [-0.3, -0.25) is 4.79 Å². The van der Waals surface area contributed by atoms with Gasteiger partial charge in [-0.25, -0.2) is 14.6 Å². The molecule has 0 aromatic carbocycles. The molecule has 2 atom stereocenters. The first-order valence-electron chi connectivity index (χ1n) is 7.27. The second-order valence-corrected chi connectivity index (χ2v) is 5.65. The van der Waals surface area contributed by atoms with Crippen LogP contribution < -0.4 is 4.74 Å². The van der Waals surface area contributed by atoms with E-state index in [4.69, 9.17) is 4.74 Å². The molecule has 0 unspecified atom stereocenters. The highest BCUT2D eigenvalue weighted by Gasteiger charge is 2.38. The van der Waals surface area contributed by atoms with Crippen LogP contribution in [0, 0.1) is 0 Å². The van der Waals surface area contributed by atoms with Crippen LogP contribution in [0.15, 0.2) is 24.8 Å². The van der Waals surface area contributed by atoms with Gasteiger partial charge in [-0.15, -0.1) is 5.10 Å². The molecule has 2 aromatic heterocycles. The average Bonchev–Trinajstić information content (AvgIpc) is 3.23. The molecule has 3 rings (SSSR count). The van der Waals surface area contributed by atoms with Crippen molar-refractivity contribution in [2.45, 2.75) is 12.1 Å². The molecule has 9 heteroatoms. The lowest BCUT2D eigenvalue weighted by molar-refractivity contribution is 0.0780. The number of carbonyl (C=O) groups is 1. The number of likely N-dealkylation sites (N-methyl/N-ethyl adjacent to an activating group) is 1. The lowest BCUT2D eigenvalue weighted by atomic mass is 10.1. The Kier molecular flexibility index (Phi) is 4.20. The Hall–Kier alpha value is -2.55. The third-order valence-corrected chi connectivity index (χ3v) is 4.05. The molecule has 1 fully saturated rings. The summed E-state index contributed by atoms with van der Waals surface area (Å²) in [6.45, 7) is 1.18. The van der Waals surface area contributed by atoms with Gasteiger partial charge in [-0.05, 0) is 14.1 Å². The van der Waals surface area contributed by atoms with Gasteiger partial charge in [0, 0.05) is 31.7 Å². The molecule has 1 aliphatic rings. The molecule has 0 saturated carbocycles. The molecular weight excluding hydrogens is 298 g/mol. The smallest absolute Gasteiger partial charge is 0.316 e. The lowest BCUT2D eigenvalue weighted by Crippen LogP contribution is -2.37. The van der Waals surface area contributed by atoms with E-state index >= 15 is 0 Å². The van der Waals surface area contributed by atoms with Crippen molar-refractivity contribution in [3.05, 3.63) is 30.4 Å². The summed E-state index contributed by atoms with van der Waals surface area (Å²) in [5.41, 5.74) is 0.447. The molecule has 122 valence electrons. The first-order valence-corrected chi connectivity index (χ1v) is 7.27. The molecule has 0 bridgehead atoms. The van der Waals surface area contributed by atoms with E-state index in [2.05, 4.69) is 25.2 Å². The van der Waals surface area contributed by atoms with Gasteiger partial charge < -0.3 is 14.5 Å². The van der Waals surface area contributed by atoms with E-state index in [1.54, 1.807) is 11.1 Å². The molecule has 2 aromatic rings. The van der Waals surface area contributed by atoms with Gasteiger partial charge in [-0.1, -0.05) is 5.21 Å². The minimum Gasteiger partial charge on any atom is -0.467 e. The van der Waals surface area contributed by atoms with Gasteiger partial charge in [0.15, 0.2) is 0 Å². The second kappa shape index (κ2) is 6.29. The zero-order valence-electron chi connectivity index (χ0n) is 13.3. The molecule has 0 N–H and O–H groups in total. The van der Waals surface area contributed by atoms with Crippen molar-refractivity contribution < 1.29 is 9.53 Å². The van der Waals surface area contributed by atoms with Crippen molar-refractivity contribution in [2.24, 2.45) is 0 Å². The van der Waals surface area contributed by atoms with Gasteiger partial charge >= 0.3 is 6.01 Å². The summed E-state index contributed by atoms with van der Waals surface area (Å²) in [6.07, 6.45) is 6.45. The van der Waals surface area contributed by atoms with Crippen LogP contribution in [0.4, 0.5) is 0 Å². The molecule has 0 radical (unpaired) electrons. The minimum absolute atomic E-state index is 0.0654. The van der Waals surface area contributed by atoms with Crippen LogP contribution in [0.2, 0.25) is 0 Å². The standard InChI is InChI=1S/C14H19N7O2/c1-19(2)11-8-20(9-12(11)21-5-4-17-18-21)13(22)10-6-15-14(23-3)16-7-10/h4-7,11-12H,8-9H2,1-3H3/t11-,12+/m1/s1. The largest absolute Gasteiger partial charge is 0.467 e. The number of rotatable bonds is 4. The Morgan fingerprint density at radius 2 is 2.04 bits per heavy atom. The van der Waals surface area contributed by atoms with Gasteiger partial charge in [0.2, 0.25) is 0 Å². The Bertz CT molecular complexity index is 656. The van der Waals surface area contributed by atoms with Crippen LogP contribution in [0.5, 0.6) is 6.01 Å². The fourth-order valence-corrected chi connectivity index (χ4v) is 2.81. The van der Waals surface area contributed by atoms with Crippen molar-refractivity contribution in [2.75, 3.05) is 34.3 Å². The summed E-state index contributed by atoms with van der Waals surface area (Å²) in [5, 5.41) is 7.95. The summed E-state index contributed by atoms with van der Waals surface area (Å²) >= 11 is 0. The number of nitrogens with zero attached hydrogens (tertiary/aromatic N) is 7. The van der Waals surface area contributed by atoms with Crippen molar-refractivity contribution in [1.82, 2.24) is 34.8 Å². The quantitative estimate of drug-likeness (QED) is 0.765. The van der Waals surface area contributed by atoms with Gasteiger partial charge in [0.25, 0.3) is 5.91 Å². The molecule has 1 amide bonds. The average molecular weight is 317 g/mol. The first-order chi connectivity index (χ1) is 11.1. The number of hydrogen-bond donors (Lipinski definition) is 0. The normalized spacial score (nSPS) is 21.0.